The molecular formula is C24H21F3N4O2S. The van der Waals surface area contributed by atoms with Crippen molar-refractivity contribution in [1.29, 1.82) is 0 Å². The van der Waals surface area contributed by atoms with Crippen LogP contribution >= 0.6 is 11.3 Å². The highest BCUT2D eigenvalue weighted by Crippen LogP contribution is 2.31. The Morgan fingerprint density at radius 1 is 1.03 bits per heavy atom. The van der Waals surface area contributed by atoms with Crippen LogP contribution in [-0.4, -0.2) is 21.8 Å². The van der Waals surface area contributed by atoms with E-state index in [1.54, 1.807) is 12.1 Å². The number of imidazole rings is 1. The first-order valence-electron chi connectivity index (χ1n) is 10.4. The summed E-state index contributed by atoms with van der Waals surface area (Å²) in [4.78, 5) is 31.5. The van der Waals surface area contributed by atoms with Crippen LogP contribution in [0.15, 0.2) is 66.0 Å². The number of thiophene rings is 1. The molecule has 0 spiro atoms. The number of hydrogen-bond acceptors (Lipinski definition) is 4. The fraction of sp³-hybridized carbons (Fsp3) is 0.208. The summed E-state index contributed by atoms with van der Waals surface area (Å²) >= 11 is 1.43. The maximum Gasteiger partial charge on any atom is 0.449 e. The fourth-order valence-corrected chi connectivity index (χ4v) is 4.49. The summed E-state index contributed by atoms with van der Waals surface area (Å²) < 4.78 is 39.2. The molecule has 4 aromatic rings. The van der Waals surface area contributed by atoms with Crippen molar-refractivity contribution in [2.24, 2.45) is 0 Å². The zero-order chi connectivity index (χ0) is 24.3. The Labute approximate surface area is 197 Å². The van der Waals surface area contributed by atoms with Crippen LogP contribution in [0.1, 0.15) is 47.3 Å². The molecule has 0 aliphatic heterocycles. The van der Waals surface area contributed by atoms with Crippen LogP contribution in [0.25, 0.3) is 11.0 Å². The minimum Gasteiger partial charge on any atom is -0.348 e. The Balaban J connectivity index is 1.63. The number of amides is 2. The summed E-state index contributed by atoms with van der Waals surface area (Å²) in [6.07, 6.45) is -4.58. The van der Waals surface area contributed by atoms with E-state index < -0.39 is 24.1 Å². The normalized spacial score (nSPS) is 13.4. The maximum absolute atomic E-state index is 13.1. The molecule has 0 saturated carbocycles. The number of rotatable bonds is 7. The second kappa shape index (κ2) is 9.68. The van der Waals surface area contributed by atoms with E-state index in [2.05, 4.69) is 20.6 Å². The smallest absolute Gasteiger partial charge is 0.348 e. The van der Waals surface area contributed by atoms with Crippen LogP contribution in [0.2, 0.25) is 0 Å². The third-order valence-electron chi connectivity index (χ3n) is 5.20. The van der Waals surface area contributed by atoms with Crippen LogP contribution in [0.4, 0.5) is 13.2 Å². The van der Waals surface area contributed by atoms with Gasteiger partial charge in [-0.3, -0.25) is 9.59 Å². The van der Waals surface area contributed by atoms with Gasteiger partial charge in [0.1, 0.15) is 0 Å². The van der Waals surface area contributed by atoms with Gasteiger partial charge >= 0.3 is 6.18 Å². The lowest BCUT2D eigenvalue weighted by Crippen LogP contribution is -2.34. The second-order valence-corrected chi connectivity index (χ2v) is 8.72. The summed E-state index contributed by atoms with van der Waals surface area (Å²) in [5.41, 5.74) is 1.75. The molecule has 34 heavy (non-hydrogen) atoms. The summed E-state index contributed by atoms with van der Waals surface area (Å²) in [6.45, 7) is 1.39. The third kappa shape index (κ3) is 5.45. The number of H-pyrrole nitrogens is 1. The van der Waals surface area contributed by atoms with Crippen molar-refractivity contribution in [2.45, 2.75) is 31.6 Å². The van der Waals surface area contributed by atoms with E-state index in [0.29, 0.717) is 5.56 Å². The van der Waals surface area contributed by atoms with Gasteiger partial charge in [0.05, 0.1) is 29.5 Å². The highest BCUT2D eigenvalue weighted by atomic mass is 32.1. The van der Waals surface area contributed by atoms with Crippen LogP contribution in [0.3, 0.4) is 0 Å². The molecule has 0 aliphatic carbocycles. The van der Waals surface area contributed by atoms with Gasteiger partial charge in [0.25, 0.3) is 0 Å². The van der Waals surface area contributed by atoms with Gasteiger partial charge in [-0.15, -0.1) is 11.3 Å². The van der Waals surface area contributed by atoms with Gasteiger partial charge in [-0.2, -0.15) is 13.2 Å². The molecule has 3 N–H and O–H groups in total. The predicted molar refractivity (Wildman–Crippen MR) is 123 cm³/mol. The van der Waals surface area contributed by atoms with E-state index in [1.165, 1.54) is 24.3 Å². The van der Waals surface area contributed by atoms with E-state index in [1.807, 2.05) is 47.8 Å². The van der Waals surface area contributed by atoms with Crippen LogP contribution in [0.5, 0.6) is 0 Å². The fourth-order valence-electron chi connectivity index (χ4n) is 3.71. The molecule has 2 heterocycles. The van der Waals surface area contributed by atoms with Crippen molar-refractivity contribution >= 4 is 34.2 Å². The summed E-state index contributed by atoms with van der Waals surface area (Å²) in [7, 11) is 0. The third-order valence-corrected chi connectivity index (χ3v) is 6.19. The number of carbonyl (C=O) groups is 2. The topological polar surface area (TPSA) is 86.9 Å². The minimum atomic E-state index is -4.59. The lowest BCUT2D eigenvalue weighted by Gasteiger charge is -2.22. The number of benzene rings is 2. The minimum absolute atomic E-state index is 0.00789. The molecule has 6 nitrogen and oxygen atoms in total. The van der Waals surface area contributed by atoms with Gasteiger partial charge in [0.2, 0.25) is 17.6 Å². The molecule has 2 aromatic heterocycles. The summed E-state index contributed by atoms with van der Waals surface area (Å²) in [5, 5.41) is 7.64. The molecule has 0 aliphatic rings. The van der Waals surface area contributed by atoms with Gasteiger partial charge in [0, 0.05) is 11.8 Å². The Morgan fingerprint density at radius 2 is 1.79 bits per heavy atom. The number of aromatic nitrogens is 2. The molecule has 0 bridgehead atoms. The number of alkyl halides is 3. The van der Waals surface area contributed by atoms with Crippen molar-refractivity contribution in [3.8, 4) is 0 Å². The Morgan fingerprint density at radius 3 is 2.44 bits per heavy atom. The van der Waals surface area contributed by atoms with E-state index >= 15 is 0 Å². The van der Waals surface area contributed by atoms with E-state index in [-0.39, 0.29) is 29.3 Å². The van der Waals surface area contributed by atoms with Gasteiger partial charge in [-0.05, 0) is 34.7 Å². The van der Waals surface area contributed by atoms with E-state index in [4.69, 9.17) is 0 Å². The molecule has 2 amide bonds. The average molecular weight is 487 g/mol. The lowest BCUT2D eigenvalue weighted by molar-refractivity contribution is -0.144. The molecular weight excluding hydrogens is 465 g/mol. The highest BCUT2D eigenvalue weighted by molar-refractivity contribution is 7.10. The van der Waals surface area contributed by atoms with Crippen LogP contribution in [0, 0.1) is 0 Å². The Bertz CT molecular complexity index is 1290. The summed E-state index contributed by atoms with van der Waals surface area (Å²) in [5.74, 6) is -1.65. The first kappa shape index (κ1) is 23.5. The van der Waals surface area contributed by atoms with Crippen LogP contribution in [-0.2, 0) is 15.8 Å². The van der Waals surface area contributed by atoms with Gasteiger partial charge in [-0.1, -0.05) is 42.5 Å². The van der Waals surface area contributed by atoms with Crippen molar-refractivity contribution in [1.82, 2.24) is 20.6 Å². The van der Waals surface area contributed by atoms with Crippen molar-refractivity contribution in [2.75, 3.05) is 0 Å². The lowest BCUT2D eigenvalue weighted by atomic mass is 9.97. The van der Waals surface area contributed by atoms with Gasteiger partial charge in [0.15, 0.2) is 0 Å². The predicted octanol–water partition coefficient (Wildman–Crippen LogP) is 5.12. The number of nitrogens with one attached hydrogen (secondary N) is 3. The molecule has 2 aromatic carbocycles. The largest absolute Gasteiger partial charge is 0.449 e. The Kier molecular flexibility index (Phi) is 6.69. The number of aromatic amines is 1. The molecule has 0 fully saturated rings. The van der Waals surface area contributed by atoms with Crippen LogP contribution < -0.4 is 10.6 Å². The summed E-state index contributed by atoms with van der Waals surface area (Å²) in [6, 6.07) is 16.4. The van der Waals surface area contributed by atoms with Gasteiger partial charge in [-0.25, -0.2) is 4.98 Å². The number of nitrogens with zero attached hydrogens (tertiary/aromatic N) is 1. The first-order valence-corrected chi connectivity index (χ1v) is 11.3. The molecule has 0 saturated heterocycles. The van der Waals surface area contributed by atoms with Crippen molar-refractivity contribution < 1.29 is 22.8 Å². The zero-order valence-corrected chi connectivity index (χ0v) is 18.8. The molecule has 2 atom stereocenters. The van der Waals surface area contributed by atoms with E-state index in [9.17, 15) is 22.8 Å². The molecule has 4 rings (SSSR count). The van der Waals surface area contributed by atoms with Crippen molar-refractivity contribution in [3.05, 3.63) is 87.9 Å². The number of carbonyl (C=O) groups excluding carboxylic acids is 2. The quantitative estimate of drug-likeness (QED) is 0.339. The van der Waals surface area contributed by atoms with Gasteiger partial charge < -0.3 is 15.6 Å². The maximum atomic E-state index is 13.1. The molecule has 176 valence electrons. The highest BCUT2D eigenvalue weighted by Gasteiger charge is 2.34. The molecule has 0 radical (unpaired) electrons. The average Bonchev–Trinajstić information content (AvgIpc) is 3.47. The molecule has 10 heteroatoms. The zero-order valence-electron chi connectivity index (χ0n) is 18.0. The molecule has 2 unspecified atom stereocenters. The second-order valence-electron chi connectivity index (χ2n) is 7.74. The SMILES string of the molecule is CC(=O)NC(CC(=O)NC(c1ccccc1)c1ccc2nc(C(F)(F)F)[nH]c2c1)c1cccs1. The number of fused-ring (bicyclic) bond motifs is 1. The number of halogens is 3. The standard InChI is InChI=1S/C24H21F3N4O2S/c1-14(32)28-19(20-8-5-11-34-20)13-21(33)31-22(15-6-3-2-4-7-15)16-9-10-17-18(12-16)30-23(29-17)24(25,26)27/h2-12,19,22H,13H2,1H3,(H,28,32)(H,29,30)(H,31,33). The first-order chi connectivity index (χ1) is 16.2. The van der Waals surface area contributed by atoms with Crippen molar-refractivity contribution in [3.63, 3.8) is 0 Å². The number of hydrogen-bond donors (Lipinski definition) is 3. The monoisotopic (exact) mass is 486 g/mol. The van der Waals surface area contributed by atoms with E-state index in [0.717, 1.165) is 10.4 Å². The Hall–Kier alpha value is -3.66.